The van der Waals surface area contributed by atoms with Crippen LogP contribution in [0.2, 0.25) is 0 Å². The van der Waals surface area contributed by atoms with Gasteiger partial charge in [-0.05, 0) is 62.2 Å². The van der Waals surface area contributed by atoms with Crippen LogP contribution < -0.4 is 5.56 Å². The fraction of sp³-hybridized carbons (Fsp3) is 0.714. The Kier molecular flexibility index (Phi) is 5.16. The number of hydrogen-bond acceptors (Lipinski definition) is 3. The van der Waals surface area contributed by atoms with Crippen molar-refractivity contribution in [1.29, 1.82) is 0 Å². The van der Waals surface area contributed by atoms with Crippen molar-refractivity contribution in [3.8, 4) is 0 Å². The summed E-state index contributed by atoms with van der Waals surface area (Å²) in [5.74, 6) is 2.16. The number of fused-ring (bicyclic) bond motifs is 1. The summed E-state index contributed by atoms with van der Waals surface area (Å²) in [6.45, 7) is 4.73. The summed E-state index contributed by atoms with van der Waals surface area (Å²) < 4.78 is 1.60. The SMILES string of the molecule is Cn1ccc(CN2CCC(C(=O)N3CC4CCCCC4C3)CC2)cc1=O. The Bertz CT molecular complexity index is 691. The van der Waals surface area contributed by atoms with Crippen LogP contribution in [0.5, 0.6) is 0 Å². The zero-order chi connectivity index (χ0) is 18.1. The number of carbonyl (C=O) groups is 1. The van der Waals surface area contributed by atoms with E-state index in [1.54, 1.807) is 17.7 Å². The number of nitrogens with zero attached hydrogens (tertiary/aromatic N) is 3. The van der Waals surface area contributed by atoms with E-state index in [4.69, 9.17) is 0 Å². The molecule has 2 unspecified atom stereocenters. The van der Waals surface area contributed by atoms with Gasteiger partial charge in [-0.2, -0.15) is 0 Å². The first-order valence-corrected chi connectivity index (χ1v) is 10.3. The molecule has 1 aromatic rings. The molecule has 2 saturated heterocycles. The Labute approximate surface area is 156 Å². The number of aromatic nitrogens is 1. The maximum Gasteiger partial charge on any atom is 0.250 e. The van der Waals surface area contributed by atoms with Gasteiger partial charge in [0, 0.05) is 44.9 Å². The van der Waals surface area contributed by atoms with Gasteiger partial charge in [-0.25, -0.2) is 0 Å². The van der Waals surface area contributed by atoms with Crippen LogP contribution in [-0.4, -0.2) is 46.5 Å². The van der Waals surface area contributed by atoms with E-state index in [0.29, 0.717) is 5.91 Å². The number of carbonyl (C=O) groups excluding carboxylic acids is 1. The van der Waals surface area contributed by atoms with Gasteiger partial charge in [0.15, 0.2) is 0 Å². The average Bonchev–Trinajstić information content (AvgIpc) is 3.09. The lowest BCUT2D eigenvalue weighted by Crippen LogP contribution is -2.41. The molecule has 0 radical (unpaired) electrons. The first kappa shape index (κ1) is 17.8. The van der Waals surface area contributed by atoms with Gasteiger partial charge in [-0.1, -0.05) is 12.8 Å². The average molecular weight is 357 g/mol. The highest BCUT2D eigenvalue weighted by molar-refractivity contribution is 5.79. The fourth-order valence-corrected chi connectivity index (χ4v) is 5.13. The molecule has 1 saturated carbocycles. The van der Waals surface area contributed by atoms with Crippen LogP contribution in [0.3, 0.4) is 0 Å². The predicted molar refractivity (Wildman–Crippen MR) is 102 cm³/mol. The minimum Gasteiger partial charge on any atom is -0.342 e. The number of piperidine rings is 1. The van der Waals surface area contributed by atoms with E-state index in [2.05, 4.69) is 9.80 Å². The normalized spacial score (nSPS) is 27.5. The second-order valence-corrected chi connectivity index (χ2v) is 8.58. The molecule has 3 aliphatic rings. The molecule has 1 amide bonds. The summed E-state index contributed by atoms with van der Waals surface area (Å²) in [7, 11) is 1.78. The van der Waals surface area contributed by atoms with E-state index >= 15 is 0 Å². The van der Waals surface area contributed by atoms with Crippen LogP contribution in [0.25, 0.3) is 0 Å². The van der Waals surface area contributed by atoms with E-state index in [1.807, 2.05) is 12.3 Å². The van der Waals surface area contributed by atoms with Crippen LogP contribution in [-0.2, 0) is 18.4 Å². The van der Waals surface area contributed by atoms with E-state index in [9.17, 15) is 9.59 Å². The minimum absolute atomic E-state index is 0.0445. The van der Waals surface area contributed by atoms with Crippen molar-refractivity contribution >= 4 is 5.91 Å². The van der Waals surface area contributed by atoms with Crippen molar-refractivity contribution < 1.29 is 4.79 Å². The van der Waals surface area contributed by atoms with Gasteiger partial charge in [0.1, 0.15) is 0 Å². The van der Waals surface area contributed by atoms with Gasteiger partial charge >= 0.3 is 0 Å². The zero-order valence-corrected chi connectivity index (χ0v) is 15.9. The highest BCUT2D eigenvalue weighted by Gasteiger charge is 2.38. The van der Waals surface area contributed by atoms with Gasteiger partial charge in [0.2, 0.25) is 5.91 Å². The molecule has 4 rings (SSSR count). The van der Waals surface area contributed by atoms with Gasteiger partial charge in [0.25, 0.3) is 5.56 Å². The molecule has 3 heterocycles. The first-order chi connectivity index (χ1) is 12.6. The number of rotatable bonds is 3. The van der Waals surface area contributed by atoms with Crippen molar-refractivity contribution in [1.82, 2.24) is 14.4 Å². The first-order valence-electron chi connectivity index (χ1n) is 10.3. The second-order valence-electron chi connectivity index (χ2n) is 8.58. The second kappa shape index (κ2) is 7.55. The molecule has 5 heteroatoms. The molecular formula is C21H31N3O2. The Morgan fingerprint density at radius 1 is 1.08 bits per heavy atom. The van der Waals surface area contributed by atoms with Crippen LogP contribution in [0, 0.1) is 17.8 Å². The summed E-state index contributed by atoms with van der Waals surface area (Å²) in [6.07, 6.45) is 9.09. The smallest absolute Gasteiger partial charge is 0.250 e. The largest absolute Gasteiger partial charge is 0.342 e. The van der Waals surface area contributed by atoms with Crippen LogP contribution in [0.4, 0.5) is 0 Å². The van der Waals surface area contributed by atoms with E-state index < -0.39 is 0 Å². The van der Waals surface area contributed by atoms with Crippen LogP contribution in [0.15, 0.2) is 23.1 Å². The molecule has 0 aromatic carbocycles. The van der Waals surface area contributed by atoms with Crippen molar-refractivity contribution in [3.63, 3.8) is 0 Å². The Hall–Kier alpha value is -1.62. The predicted octanol–water partition coefficient (Wildman–Crippen LogP) is 2.25. The molecule has 0 spiro atoms. The van der Waals surface area contributed by atoms with Gasteiger partial charge in [0.05, 0.1) is 0 Å². The maximum absolute atomic E-state index is 13.0. The summed E-state index contributed by atoms with van der Waals surface area (Å²) in [4.78, 5) is 29.3. The molecular weight excluding hydrogens is 326 g/mol. The number of hydrogen-bond donors (Lipinski definition) is 0. The monoisotopic (exact) mass is 357 g/mol. The van der Waals surface area contributed by atoms with Gasteiger partial charge in [-0.15, -0.1) is 0 Å². The summed E-state index contributed by atoms with van der Waals surface area (Å²) in [5.41, 5.74) is 1.12. The molecule has 142 valence electrons. The Balaban J connectivity index is 1.28. The summed E-state index contributed by atoms with van der Waals surface area (Å²) >= 11 is 0. The minimum atomic E-state index is 0.0445. The Morgan fingerprint density at radius 2 is 1.73 bits per heavy atom. The molecule has 1 aliphatic carbocycles. The van der Waals surface area contributed by atoms with Crippen molar-refractivity contribution in [2.24, 2.45) is 24.8 Å². The summed E-state index contributed by atoms with van der Waals surface area (Å²) in [6, 6.07) is 3.74. The molecule has 2 aliphatic heterocycles. The van der Waals surface area contributed by atoms with Crippen LogP contribution >= 0.6 is 0 Å². The third-order valence-corrected chi connectivity index (χ3v) is 6.80. The van der Waals surface area contributed by atoms with E-state index in [1.165, 1.54) is 25.7 Å². The number of likely N-dealkylation sites (tertiary alicyclic amines) is 2. The maximum atomic E-state index is 13.0. The molecule has 0 N–H and O–H groups in total. The molecule has 3 fully saturated rings. The number of pyridine rings is 1. The highest BCUT2D eigenvalue weighted by atomic mass is 16.2. The zero-order valence-electron chi connectivity index (χ0n) is 15.9. The third kappa shape index (κ3) is 3.73. The molecule has 5 nitrogen and oxygen atoms in total. The lowest BCUT2D eigenvalue weighted by Gasteiger charge is -2.33. The Morgan fingerprint density at radius 3 is 2.35 bits per heavy atom. The van der Waals surface area contributed by atoms with Gasteiger partial charge in [-0.3, -0.25) is 14.5 Å². The third-order valence-electron chi connectivity index (χ3n) is 6.80. The topological polar surface area (TPSA) is 45.6 Å². The quantitative estimate of drug-likeness (QED) is 0.833. The van der Waals surface area contributed by atoms with E-state index in [-0.39, 0.29) is 11.5 Å². The highest BCUT2D eigenvalue weighted by Crippen LogP contribution is 2.37. The molecule has 1 aromatic heterocycles. The lowest BCUT2D eigenvalue weighted by atomic mass is 9.82. The van der Waals surface area contributed by atoms with Crippen molar-refractivity contribution in [2.75, 3.05) is 26.2 Å². The van der Waals surface area contributed by atoms with Crippen molar-refractivity contribution in [2.45, 2.75) is 45.1 Å². The fourth-order valence-electron chi connectivity index (χ4n) is 5.13. The standard InChI is InChI=1S/C21H31N3O2/c1-22-9-6-16(12-20(22)25)13-23-10-7-17(8-11-23)21(26)24-14-18-4-2-3-5-19(18)15-24/h6,9,12,17-19H,2-5,7-8,10-11,13-15H2,1H3. The van der Waals surface area contributed by atoms with E-state index in [0.717, 1.165) is 63.0 Å². The van der Waals surface area contributed by atoms with Crippen LogP contribution in [0.1, 0.15) is 44.1 Å². The number of amides is 1. The van der Waals surface area contributed by atoms with Gasteiger partial charge < -0.3 is 9.47 Å². The molecule has 2 atom stereocenters. The summed E-state index contributed by atoms with van der Waals surface area (Å²) in [5, 5.41) is 0. The van der Waals surface area contributed by atoms with Crippen molar-refractivity contribution in [3.05, 3.63) is 34.2 Å². The lowest BCUT2D eigenvalue weighted by molar-refractivity contribution is -0.136. The molecule has 0 bridgehead atoms. The molecule has 26 heavy (non-hydrogen) atoms. The number of aryl methyl sites for hydroxylation is 1.